The molecule has 0 saturated carbocycles. The normalized spacial score (nSPS) is 10.2. The van der Waals surface area contributed by atoms with Crippen LogP contribution in [0.3, 0.4) is 0 Å². The van der Waals surface area contributed by atoms with Crippen LogP contribution in [0.1, 0.15) is 27.9 Å². The van der Waals surface area contributed by atoms with Crippen molar-refractivity contribution >= 4 is 5.78 Å². The third-order valence-corrected chi connectivity index (χ3v) is 2.82. The van der Waals surface area contributed by atoms with E-state index in [9.17, 15) is 4.79 Å². The Morgan fingerprint density at radius 2 is 1.82 bits per heavy atom. The monoisotopic (exact) mass is 237 g/mol. The van der Waals surface area contributed by atoms with E-state index in [0.29, 0.717) is 30.0 Å². The van der Waals surface area contributed by atoms with E-state index in [1.807, 2.05) is 19.9 Å². The summed E-state index contributed by atoms with van der Waals surface area (Å²) in [5.41, 5.74) is 7.93. The molecule has 0 saturated heterocycles. The van der Waals surface area contributed by atoms with Crippen molar-refractivity contribution in [2.45, 2.75) is 20.3 Å². The van der Waals surface area contributed by atoms with Gasteiger partial charge in [0.15, 0.2) is 17.3 Å². The lowest BCUT2D eigenvalue weighted by atomic mass is 9.99. The number of benzene rings is 1. The number of nitrogens with two attached hydrogens (primary N) is 1. The molecule has 0 fully saturated rings. The molecule has 0 atom stereocenters. The van der Waals surface area contributed by atoms with Gasteiger partial charge in [0.05, 0.1) is 19.8 Å². The number of carbonyl (C=O) groups excluding carboxylic acids is 1. The SMILES string of the molecule is COc1c(C(=O)CCN)cc(C)c(C)c1OC. The highest BCUT2D eigenvalue weighted by Gasteiger charge is 2.19. The third-order valence-electron chi connectivity index (χ3n) is 2.82. The van der Waals surface area contributed by atoms with Crippen LogP contribution >= 0.6 is 0 Å². The number of aryl methyl sites for hydroxylation is 1. The molecule has 4 nitrogen and oxygen atoms in total. The number of ketones is 1. The van der Waals surface area contributed by atoms with Crippen LogP contribution in [0.25, 0.3) is 0 Å². The largest absolute Gasteiger partial charge is 0.493 e. The minimum Gasteiger partial charge on any atom is -0.493 e. The van der Waals surface area contributed by atoms with E-state index in [2.05, 4.69) is 0 Å². The maximum atomic E-state index is 11.9. The first kappa shape index (κ1) is 13.5. The average Bonchev–Trinajstić information content (AvgIpc) is 2.32. The van der Waals surface area contributed by atoms with Gasteiger partial charge in [0.2, 0.25) is 0 Å². The molecule has 0 heterocycles. The molecule has 1 aromatic rings. The summed E-state index contributed by atoms with van der Waals surface area (Å²) in [6.45, 7) is 4.21. The van der Waals surface area contributed by atoms with E-state index in [4.69, 9.17) is 15.2 Å². The lowest BCUT2D eigenvalue weighted by Crippen LogP contribution is -2.11. The van der Waals surface area contributed by atoms with Gasteiger partial charge >= 0.3 is 0 Å². The Morgan fingerprint density at radius 3 is 2.29 bits per heavy atom. The molecule has 0 aromatic heterocycles. The first-order valence-electron chi connectivity index (χ1n) is 5.52. The second-order valence-corrected chi connectivity index (χ2v) is 3.89. The molecule has 0 amide bonds. The Hall–Kier alpha value is -1.55. The zero-order valence-electron chi connectivity index (χ0n) is 10.8. The lowest BCUT2D eigenvalue weighted by molar-refractivity contribution is 0.0981. The fourth-order valence-electron chi connectivity index (χ4n) is 1.78. The molecule has 94 valence electrons. The van der Waals surface area contributed by atoms with Crippen LogP contribution in [0.4, 0.5) is 0 Å². The summed E-state index contributed by atoms with van der Waals surface area (Å²) in [5, 5.41) is 0. The molecule has 17 heavy (non-hydrogen) atoms. The number of methoxy groups -OCH3 is 2. The molecule has 0 spiro atoms. The first-order valence-corrected chi connectivity index (χ1v) is 5.52. The summed E-state index contributed by atoms with van der Waals surface area (Å²) in [4.78, 5) is 11.9. The molecule has 0 radical (unpaired) electrons. The van der Waals surface area contributed by atoms with Crippen molar-refractivity contribution in [1.82, 2.24) is 0 Å². The van der Waals surface area contributed by atoms with E-state index in [1.54, 1.807) is 7.11 Å². The summed E-state index contributed by atoms with van der Waals surface area (Å²) in [6, 6.07) is 1.83. The molecule has 0 bridgehead atoms. The van der Waals surface area contributed by atoms with Crippen LogP contribution in [-0.2, 0) is 0 Å². The van der Waals surface area contributed by atoms with E-state index in [-0.39, 0.29) is 5.78 Å². The highest BCUT2D eigenvalue weighted by atomic mass is 16.5. The topological polar surface area (TPSA) is 61.5 Å². The van der Waals surface area contributed by atoms with Gasteiger partial charge in [-0.2, -0.15) is 0 Å². The van der Waals surface area contributed by atoms with Crippen LogP contribution in [0.15, 0.2) is 6.07 Å². The van der Waals surface area contributed by atoms with Gasteiger partial charge in [-0.3, -0.25) is 4.79 Å². The third kappa shape index (κ3) is 2.58. The van der Waals surface area contributed by atoms with Gasteiger partial charge < -0.3 is 15.2 Å². The Bertz CT molecular complexity index is 427. The van der Waals surface area contributed by atoms with Crippen molar-refractivity contribution in [3.8, 4) is 11.5 Å². The molecule has 4 heteroatoms. The molecule has 1 aromatic carbocycles. The fraction of sp³-hybridized carbons (Fsp3) is 0.462. The zero-order chi connectivity index (χ0) is 13.0. The number of hydrogen-bond acceptors (Lipinski definition) is 4. The van der Waals surface area contributed by atoms with Crippen LogP contribution in [-0.4, -0.2) is 26.5 Å². The summed E-state index contributed by atoms with van der Waals surface area (Å²) >= 11 is 0. The second kappa shape index (κ2) is 5.68. The Morgan fingerprint density at radius 1 is 1.24 bits per heavy atom. The summed E-state index contributed by atoms with van der Waals surface area (Å²) in [6.07, 6.45) is 0.308. The number of hydrogen-bond donors (Lipinski definition) is 1. The fourth-order valence-corrected chi connectivity index (χ4v) is 1.78. The van der Waals surface area contributed by atoms with E-state index < -0.39 is 0 Å². The minimum absolute atomic E-state index is 0.0225. The van der Waals surface area contributed by atoms with Gasteiger partial charge in [0.25, 0.3) is 0 Å². The van der Waals surface area contributed by atoms with Crippen molar-refractivity contribution in [2.75, 3.05) is 20.8 Å². The Labute approximate surface area is 102 Å². The number of ether oxygens (including phenoxy) is 2. The summed E-state index contributed by atoms with van der Waals surface area (Å²) in [5.74, 6) is 1.09. The maximum Gasteiger partial charge on any atom is 0.171 e. The van der Waals surface area contributed by atoms with Crippen molar-refractivity contribution < 1.29 is 14.3 Å². The molecule has 0 aliphatic rings. The lowest BCUT2D eigenvalue weighted by Gasteiger charge is -2.16. The second-order valence-electron chi connectivity index (χ2n) is 3.89. The molecule has 1 rings (SSSR count). The van der Waals surface area contributed by atoms with Crippen LogP contribution < -0.4 is 15.2 Å². The Balaban J connectivity index is 3.39. The van der Waals surface area contributed by atoms with E-state index >= 15 is 0 Å². The summed E-state index contributed by atoms with van der Waals surface area (Å²) < 4.78 is 10.6. The number of carbonyl (C=O) groups is 1. The predicted molar refractivity (Wildman–Crippen MR) is 67.0 cm³/mol. The maximum absolute atomic E-state index is 11.9. The van der Waals surface area contributed by atoms with Crippen molar-refractivity contribution in [1.29, 1.82) is 0 Å². The highest BCUT2D eigenvalue weighted by molar-refractivity contribution is 6.00. The number of Topliss-reactive ketones (excluding diaryl/α,β-unsaturated/α-hetero) is 1. The smallest absolute Gasteiger partial charge is 0.171 e. The van der Waals surface area contributed by atoms with E-state index in [0.717, 1.165) is 11.1 Å². The molecule has 2 N–H and O–H groups in total. The van der Waals surface area contributed by atoms with Gasteiger partial charge in [0, 0.05) is 6.42 Å². The Kier molecular flexibility index (Phi) is 4.52. The van der Waals surface area contributed by atoms with Crippen LogP contribution in [0.5, 0.6) is 11.5 Å². The van der Waals surface area contributed by atoms with Gasteiger partial charge in [-0.25, -0.2) is 0 Å². The van der Waals surface area contributed by atoms with Crippen molar-refractivity contribution in [2.24, 2.45) is 5.73 Å². The molecular formula is C13H19NO3. The van der Waals surface area contributed by atoms with Crippen LogP contribution in [0.2, 0.25) is 0 Å². The quantitative estimate of drug-likeness (QED) is 0.794. The average molecular weight is 237 g/mol. The number of rotatable bonds is 5. The standard InChI is InChI=1S/C13H19NO3/c1-8-7-10(11(15)5-6-14)13(17-4)12(16-3)9(8)2/h7H,5-6,14H2,1-4H3. The molecule has 0 unspecified atom stereocenters. The van der Waals surface area contributed by atoms with E-state index in [1.165, 1.54) is 7.11 Å². The molecule has 0 aliphatic heterocycles. The molecule has 0 aliphatic carbocycles. The van der Waals surface area contributed by atoms with Crippen LogP contribution in [0, 0.1) is 13.8 Å². The van der Waals surface area contributed by atoms with Gasteiger partial charge in [0.1, 0.15) is 0 Å². The van der Waals surface area contributed by atoms with Crippen molar-refractivity contribution in [3.05, 3.63) is 22.8 Å². The first-order chi connectivity index (χ1) is 8.06. The molecular weight excluding hydrogens is 218 g/mol. The van der Waals surface area contributed by atoms with Gasteiger partial charge in [-0.15, -0.1) is 0 Å². The highest BCUT2D eigenvalue weighted by Crippen LogP contribution is 2.36. The zero-order valence-corrected chi connectivity index (χ0v) is 10.8. The van der Waals surface area contributed by atoms with Gasteiger partial charge in [-0.1, -0.05) is 0 Å². The predicted octanol–water partition coefficient (Wildman–Crippen LogP) is 1.85. The summed E-state index contributed by atoms with van der Waals surface area (Å²) in [7, 11) is 3.10. The van der Waals surface area contributed by atoms with Gasteiger partial charge in [-0.05, 0) is 37.6 Å². The van der Waals surface area contributed by atoms with Crippen molar-refractivity contribution in [3.63, 3.8) is 0 Å². The minimum atomic E-state index is -0.0225.